The minimum atomic E-state index is -0.475. The summed E-state index contributed by atoms with van der Waals surface area (Å²) in [5.74, 6) is -0.666. The van der Waals surface area contributed by atoms with Gasteiger partial charge in [-0.1, -0.05) is 23.7 Å². The molecule has 0 saturated carbocycles. The van der Waals surface area contributed by atoms with Crippen LogP contribution in [0.25, 0.3) is 0 Å². The molecule has 1 aromatic heterocycles. The first-order valence-corrected chi connectivity index (χ1v) is 9.38. The molecular formula is C18H20ClN3O2S. The number of carbonyl (C=O) groups excluding carboxylic acids is 2. The van der Waals surface area contributed by atoms with E-state index in [9.17, 15) is 9.59 Å². The maximum atomic E-state index is 12.3. The van der Waals surface area contributed by atoms with Gasteiger partial charge in [0.2, 0.25) is 5.91 Å². The third-order valence-corrected chi connectivity index (χ3v) is 5.82. The van der Waals surface area contributed by atoms with Gasteiger partial charge in [0, 0.05) is 15.9 Å². The van der Waals surface area contributed by atoms with E-state index in [1.165, 1.54) is 11.3 Å². The Bertz CT molecular complexity index is 801. The van der Waals surface area contributed by atoms with Crippen LogP contribution in [0.4, 0.5) is 5.00 Å². The monoisotopic (exact) mass is 377 g/mol. The summed E-state index contributed by atoms with van der Waals surface area (Å²) in [5, 5.41) is 7.25. The number of amides is 2. The Hall–Kier alpha value is -1.89. The number of fused-ring (bicyclic) bond motifs is 1. The Balaban J connectivity index is 1.61. The van der Waals surface area contributed by atoms with Crippen molar-refractivity contribution >= 4 is 39.8 Å². The number of thiophene rings is 1. The summed E-state index contributed by atoms with van der Waals surface area (Å²) < 4.78 is 0. The summed E-state index contributed by atoms with van der Waals surface area (Å²) >= 11 is 7.35. The molecule has 1 aliphatic carbocycles. The van der Waals surface area contributed by atoms with Crippen LogP contribution in [0.2, 0.25) is 5.02 Å². The van der Waals surface area contributed by atoms with Gasteiger partial charge in [-0.25, -0.2) is 0 Å². The van der Waals surface area contributed by atoms with Gasteiger partial charge in [0.25, 0.3) is 5.91 Å². The number of hydrogen-bond acceptors (Lipinski definition) is 4. The Morgan fingerprint density at radius 1 is 1.28 bits per heavy atom. The number of aryl methyl sites for hydroxylation is 1. The smallest absolute Gasteiger partial charge is 0.251 e. The van der Waals surface area contributed by atoms with Crippen LogP contribution in [0.5, 0.6) is 0 Å². The van der Waals surface area contributed by atoms with Crippen molar-refractivity contribution in [2.45, 2.75) is 32.2 Å². The lowest BCUT2D eigenvalue weighted by atomic mass is 10.1. The molecule has 7 heteroatoms. The predicted molar refractivity (Wildman–Crippen MR) is 101 cm³/mol. The van der Waals surface area contributed by atoms with Crippen LogP contribution >= 0.6 is 22.9 Å². The second-order valence-corrected chi connectivity index (χ2v) is 7.67. The van der Waals surface area contributed by atoms with Crippen LogP contribution in [0, 0.1) is 0 Å². The Labute approximate surface area is 155 Å². The van der Waals surface area contributed by atoms with Gasteiger partial charge in [0.1, 0.15) is 5.00 Å². The Kier molecular flexibility index (Phi) is 5.42. The lowest BCUT2D eigenvalue weighted by molar-refractivity contribution is -0.115. The zero-order valence-corrected chi connectivity index (χ0v) is 15.5. The second-order valence-electron chi connectivity index (χ2n) is 6.13. The molecule has 0 saturated heterocycles. The molecule has 0 spiro atoms. The fraction of sp³-hybridized carbons (Fsp3) is 0.333. The lowest BCUT2D eigenvalue weighted by Gasteiger charge is -2.14. The minimum absolute atomic E-state index is 0.00645. The number of hydrogen-bond donors (Lipinski definition) is 3. The average molecular weight is 378 g/mol. The molecule has 1 heterocycles. The highest BCUT2D eigenvalue weighted by Gasteiger charge is 2.26. The van der Waals surface area contributed by atoms with Crippen LogP contribution in [-0.4, -0.2) is 18.4 Å². The molecule has 1 atom stereocenters. The number of halogens is 1. The van der Waals surface area contributed by atoms with Crippen molar-refractivity contribution in [2.75, 3.05) is 11.9 Å². The highest BCUT2D eigenvalue weighted by molar-refractivity contribution is 7.17. The highest BCUT2D eigenvalue weighted by atomic mass is 35.5. The quantitative estimate of drug-likeness (QED) is 0.722. The molecule has 0 aliphatic heterocycles. The van der Waals surface area contributed by atoms with Gasteiger partial charge in [0.15, 0.2) is 0 Å². The van der Waals surface area contributed by atoms with Gasteiger partial charge in [-0.15, -0.1) is 11.3 Å². The molecule has 2 aromatic rings. The molecule has 1 aliphatic rings. The SMILES string of the molecule is C[C@H](NCC(=O)Nc1sc2c(c1C(N)=O)CCC2)c1ccc(Cl)cc1. The molecule has 2 amide bonds. The van der Waals surface area contributed by atoms with E-state index in [1.54, 1.807) is 0 Å². The summed E-state index contributed by atoms with van der Waals surface area (Å²) in [7, 11) is 0. The van der Waals surface area contributed by atoms with Crippen LogP contribution < -0.4 is 16.4 Å². The molecule has 5 nitrogen and oxygen atoms in total. The topological polar surface area (TPSA) is 84.2 Å². The van der Waals surface area contributed by atoms with E-state index in [2.05, 4.69) is 10.6 Å². The lowest BCUT2D eigenvalue weighted by Crippen LogP contribution is -2.30. The van der Waals surface area contributed by atoms with Crippen molar-refractivity contribution in [1.29, 1.82) is 0 Å². The van der Waals surface area contributed by atoms with E-state index in [-0.39, 0.29) is 18.5 Å². The van der Waals surface area contributed by atoms with Crippen molar-refractivity contribution < 1.29 is 9.59 Å². The highest BCUT2D eigenvalue weighted by Crippen LogP contribution is 2.38. The maximum Gasteiger partial charge on any atom is 0.251 e. The van der Waals surface area contributed by atoms with Gasteiger partial charge in [-0.3, -0.25) is 9.59 Å². The molecule has 3 rings (SSSR count). The second kappa shape index (κ2) is 7.56. The van der Waals surface area contributed by atoms with E-state index in [1.807, 2.05) is 31.2 Å². The molecule has 25 heavy (non-hydrogen) atoms. The van der Waals surface area contributed by atoms with E-state index >= 15 is 0 Å². The average Bonchev–Trinajstić information content (AvgIpc) is 3.13. The van der Waals surface area contributed by atoms with Crippen molar-refractivity contribution in [3.05, 3.63) is 50.9 Å². The molecule has 0 bridgehead atoms. The molecule has 0 radical (unpaired) electrons. The first-order valence-electron chi connectivity index (χ1n) is 8.18. The number of benzene rings is 1. The Morgan fingerprint density at radius 3 is 2.68 bits per heavy atom. The number of nitrogens with one attached hydrogen (secondary N) is 2. The van der Waals surface area contributed by atoms with Crippen LogP contribution in [-0.2, 0) is 17.6 Å². The number of primary amides is 1. The normalized spacial score (nSPS) is 14.2. The van der Waals surface area contributed by atoms with Gasteiger partial charge in [-0.2, -0.15) is 0 Å². The molecule has 4 N–H and O–H groups in total. The molecule has 1 aromatic carbocycles. The Morgan fingerprint density at radius 2 is 2.00 bits per heavy atom. The minimum Gasteiger partial charge on any atom is -0.365 e. The third kappa shape index (κ3) is 4.03. The van der Waals surface area contributed by atoms with Crippen molar-refractivity contribution in [3.8, 4) is 0 Å². The van der Waals surface area contributed by atoms with Gasteiger partial charge < -0.3 is 16.4 Å². The van der Waals surface area contributed by atoms with E-state index in [4.69, 9.17) is 17.3 Å². The molecule has 0 unspecified atom stereocenters. The van der Waals surface area contributed by atoms with Gasteiger partial charge in [-0.05, 0) is 49.4 Å². The summed E-state index contributed by atoms with van der Waals surface area (Å²) in [4.78, 5) is 25.2. The number of anilines is 1. The first-order chi connectivity index (χ1) is 12.0. The van der Waals surface area contributed by atoms with E-state index in [0.29, 0.717) is 15.6 Å². The predicted octanol–water partition coefficient (Wildman–Crippen LogP) is 3.28. The standard InChI is InChI=1S/C18H20ClN3O2S/c1-10(11-5-7-12(19)8-6-11)21-9-15(23)22-18-16(17(20)24)13-3-2-4-14(13)25-18/h5-8,10,21H,2-4,9H2,1H3,(H2,20,24)(H,22,23)/t10-/m0/s1. The van der Waals surface area contributed by atoms with Gasteiger partial charge >= 0.3 is 0 Å². The molecular weight excluding hydrogens is 358 g/mol. The number of rotatable bonds is 6. The van der Waals surface area contributed by atoms with Crippen LogP contribution in [0.1, 0.15) is 45.7 Å². The van der Waals surface area contributed by atoms with Crippen molar-refractivity contribution in [3.63, 3.8) is 0 Å². The zero-order chi connectivity index (χ0) is 18.0. The van der Waals surface area contributed by atoms with Crippen LogP contribution in [0.3, 0.4) is 0 Å². The van der Waals surface area contributed by atoms with E-state index in [0.717, 1.165) is 35.3 Å². The van der Waals surface area contributed by atoms with Crippen molar-refractivity contribution in [1.82, 2.24) is 5.32 Å². The van der Waals surface area contributed by atoms with Gasteiger partial charge in [0.05, 0.1) is 12.1 Å². The van der Waals surface area contributed by atoms with Crippen LogP contribution in [0.15, 0.2) is 24.3 Å². The maximum absolute atomic E-state index is 12.3. The largest absolute Gasteiger partial charge is 0.365 e. The molecule has 0 fully saturated rings. The number of nitrogens with two attached hydrogens (primary N) is 1. The third-order valence-electron chi connectivity index (χ3n) is 4.36. The fourth-order valence-electron chi connectivity index (χ4n) is 3.04. The molecule has 132 valence electrons. The number of carbonyl (C=O) groups is 2. The summed E-state index contributed by atoms with van der Waals surface area (Å²) in [6, 6.07) is 7.50. The first kappa shape index (κ1) is 17.9. The zero-order valence-electron chi connectivity index (χ0n) is 13.9. The summed E-state index contributed by atoms with van der Waals surface area (Å²) in [6.07, 6.45) is 2.84. The van der Waals surface area contributed by atoms with E-state index < -0.39 is 5.91 Å². The summed E-state index contributed by atoms with van der Waals surface area (Å²) in [6.45, 7) is 2.12. The van der Waals surface area contributed by atoms with Crippen molar-refractivity contribution in [2.24, 2.45) is 5.73 Å². The summed E-state index contributed by atoms with van der Waals surface area (Å²) in [5.41, 5.74) is 8.05. The fourth-order valence-corrected chi connectivity index (χ4v) is 4.48.